The molecule has 1 saturated heterocycles. The fraction of sp³-hybridized carbons (Fsp3) is 0.318. The third-order valence-electron chi connectivity index (χ3n) is 5.27. The van der Waals surface area contributed by atoms with Crippen LogP contribution in [0.15, 0.2) is 42.5 Å². The lowest BCUT2D eigenvalue weighted by atomic mass is 9.92. The lowest BCUT2D eigenvalue weighted by Gasteiger charge is -2.22. The smallest absolute Gasteiger partial charge is 0.490 e. The normalized spacial score (nSPS) is 19.9. The first kappa shape index (κ1) is 23.2. The van der Waals surface area contributed by atoms with Crippen LogP contribution in [0.2, 0.25) is 0 Å². The highest BCUT2D eigenvalue weighted by Crippen LogP contribution is 2.33. The first-order chi connectivity index (χ1) is 16.0. The Hall–Kier alpha value is -3.96. The average Bonchev–Trinajstić information content (AvgIpc) is 2.91. The molecule has 4 rings (SSSR count). The van der Waals surface area contributed by atoms with Crippen molar-refractivity contribution in [1.82, 2.24) is 10.2 Å². The molecule has 0 bridgehead atoms. The number of hydrogen-bond donors (Lipinski definition) is 2. The fourth-order valence-corrected chi connectivity index (χ4v) is 3.61. The zero-order valence-corrected chi connectivity index (χ0v) is 17.9. The van der Waals surface area contributed by atoms with E-state index in [4.69, 9.17) is 9.47 Å². The molecule has 2 aliphatic heterocycles. The van der Waals surface area contributed by atoms with Crippen LogP contribution in [0.25, 0.3) is 0 Å². The van der Waals surface area contributed by atoms with Crippen LogP contribution in [-0.4, -0.2) is 48.9 Å². The number of carbonyl (C=O) groups is 3. The third kappa shape index (κ3) is 4.85. The molecule has 180 valence electrons. The number of alkyl halides is 3. The second-order valence-electron chi connectivity index (χ2n) is 7.78. The number of ether oxygens (including phenoxy) is 3. The van der Waals surface area contributed by atoms with Crippen LogP contribution >= 0.6 is 0 Å². The van der Waals surface area contributed by atoms with Crippen molar-refractivity contribution >= 4 is 23.5 Å². The van der Waals surface area contributed by atoms with E-state index >= 15 is 0 Å². The number of nitrogens with one attached hydrogen (secondary N) is 2. The lowest BCUT2D eigenvalue weighted by molar-refractivity contribution is -0.274. The van der Waals surface area contributed by atoms with Gasteiger partial charge in [0.25, 0.3) is 5.91 Å². The van der Waals surface area contributed by atoms with Gasteiger partial charge in [0.05, 0.1) is 13.2 Å². The number of carbonyl (C=O) groups excluding carboxylic acids is 3. The van der Waals surface area contributed by atoms with E-state index in [0.29, 0.717) is 30.4 Å². The Morgan fingerprint density at radius 2 is 1.79 bits per heavy atom. The summed E-state index contributed by atoms with van der Waals surface area (Å²) in [6.45, 7) is 1.81. The molecule has 2 aliphatic rings. The predicted octanol–water partition coefficient (Wildman–Crippen LogP) is 3.15. The molecule has 1 atom stereocenters. The maximum absolute atomic E-state index is 13.0. The number of hydrogen-bond acceptors (Lipinski definition) is 6. The summed E-state index contributed by atoms with van der Waals surface area (Å²) in [5, 5.41) is 5.09. The summed E-state index contributed by atoms with van der Waals surface area (Å²) in [7, 11) is 0. The number of imide groups is 1. The Morgan fingerprint density at radius 3 is 2.47 bits per heavy atom. The molecule has 0 saturated carbocycles. The van der Waals surface area contributed by atoms with Gasteiger partial charge in [-0.05, 0) is 36.8 Å². The summed E-state index contributed by atoms with van der Waals surface area (Å²) in [6.07, 6.45) is -4.14. The standard InChI is InChI=1S/C22H20F3N3O6/c1-21(13-3-6-15(7-4-13)34-22(23,24)25)19(30)28(20(31)27-21)12-18(29)26-14-5-8-16-17(11-14)33-10-2-9-32-16/h3-8,11H,2,9-10,12H2,1H3,(H,26,29)(H,27,31). The molecule has 12 heteroatoms. The molecule has 4 amide bonds. The number of benzene rings is 2. The first-order valence-electron chi connectivity index (χ1n) is 10.2. The van der Waals surface area contributed by atoms with E-state index in [1.165, 1.54) is 19.1 Å². The third-order valence-corrected chi connectivity index (χ3v) is 5.27. The zero-order chi connectivity index (χ0) is 24.5. The van der Waals surface area contributed by atoms with Crippen molar-refractivity contribution < 1.29 is 41.8 Å². The number of halogens is 3. The number of amides is 4. The van der Waals surface area contributed by atoms with Gasteiger partial charge in [-0.15, -0.1) is 13.2 Å². The zero-order valence-electron chi connectivity index (χ0n) is 17.9. The highest BCUT2D eigenvalue weighted by Gasteiger charge is 2.49. The number of fused-ring (bicyclic) bond motifs is 1. The Morgan fingerprint density at radius 1 is 1.12 bits per heavy atom. The van der Waals surface area contributed by atoms with Crippen molar-refractivity contribution in [3.8, 4) is 17.2 Å². The van der Waals surface area contributed by atoms with Crippen LogP contribution in [0.1, 0.15) is 18.9 Å². The van der Waals surface area contributed by atoms with Gasteiger partial charge in [-0.3, -0.25) is 14.5 Å². The van der Waals surface area contributed by atoms with Crippen LogP contribution in [-0.2, 0) is 15.1 Å². The summed E-state index contributed by atoms with van der Waals surface area (Å²) in [4.78, 5) is 38.7. The second-order valence-corrected chi connectivity index (χ2v) is 7.78. The first-order valence-corrected chi connectivity index (χ1v) is 10.2. The molecule has 2 aromatic rings. The predicted molar refractivity (Wildman–Crippen MR) is 111 cm³/mol. The van der Waals surface area contributed by atoms with Gasteiger partial charge < -0.3 is 24.8 Å². The Labute approximate surface area is 191 Å². The van der Waals surface area contributed by atoms with Gasteiger partial charge in [0.1, 0.15) is 17.8 Å². The molecular weight excluding hydrogens is 459 g/mol. The molecule has 0 spiro atoms. The largest absolute Gasteiger partial charge is 0.573 e. The van der Waals surface area contributed by atoms with Crippen LogP contribution < -0.4 is 24.8 Å². The van der Waals surface area contributed by atoms with Gasteiger partial charge in [-0.2, -0.15) is 0 Å². The number of nitrogens with zero attached hydrogens (tertiary/aromatic N) is 1. The fourth-order valence-electron chi connectivity index (χ4n) is 3.61. The van der Waals surface area contributed by atoms with E-state index in [2.05, 4.69) is 15.4 Å². The molecule has 0 radical (unpaired) electrons. The van der Waals surface area contributed by atoms with Crippen molar-refractivity contribution in [2.45, 2.75) is 25.2 Å². The van der Waals surface area contributed by atoms with Crippen molar-refractivity contribution in [2.75, 3.05) is 25.1 Å². The quantitative estimate of drug-likeness (QED) is 0.639. The SMILES string of the molecule is CC1(c2ccc(OC(F)(F)F)cc2)NC(=O)N(CC(=O)Nc2ccc3c(c2)OCCCO3)C1=O. The van der Waals surface area contributed by atoms with Crippen LogP contribution in [0.5, 0.6) is 17.2 Å². The van der Waals surface area contributed by atoms with Crippen LogP contribution in [0.3, 0.4) is 0 Å². The Balaban J connectivity index is 1.43. The minimum absolute atomic E-state index is 0.228. The van der Waals surface area contributed by atoms with Crippen LogP contribution in [0.4, 0.5) is 23.7 Å². The summed E-state index contributed by atoms with van der Waals surface area (Å²) in [6, 6.07) is 8.57. The van der Waals surface area contributed by atoms with Gasteiger partial charge in [0.2, 0.25) is 5.91 Å². The Bertz CT molecular complexity index is 1120. The summed E-state index contributed by atoms with van der Waals surface area (Å²) in [5.41, 5.74) is -0.945. The van der Waals surface area contributed by atoms with Crippen molar-refractivity contribution in [3.63, 3.8) is 0 Å². The Kier molecular flexibility index (Phi) is 5.98. The van der Waals surface area contributed by atoms with Gasteiger partial charge in [-0.1, -0.05) is 12.1 Å². The van der Waals surface area contributed by atoms with E-state index < -0.39 is 42.0 Å². The van der Waals surface area contributed by atoms with E-state index in [0.717, 1.165) is 23.5 Å². The second kappa shape index (κ2) is 8.76. The van der Waals surface area contributed by atoms with E-state index in [9.17, 15) is 27.6 Å². The van der Waals surface area contributed by atoms with Gasteiger partial charge in [-0.25, -0.2) is 4.79 Å². The molecular formula is C22H20F3N3O6. The van der Waals surface area contributed by atoms with Gasteiger partial charge in [0, 0.05) is 18.2 Å². The maximum Gasteiger partial charge on any atom is 0.573 e. The molecule has 0 aromatic heterocycles. The van der Waals surface area contributed by atoms with Crippen molar-refractivity contribution in [2.24, 2.45) is 0 Å². The molecule has 2 aromatic carbocycles. The highest BCUT2D eigenvalue weighted by molar-refractivity contribution is 6.10. The molecule has 2 heterocycles. The monoisotopic (exact) mass is 479 g/mol. The molecule has 34 heavy (non-hydrogen) atoms. The molecule has 0 aliphatic carbocycles. The molecule has 1 unspecified atom stereocenters. The maximum atomic E-state index is 13.0. The van der Waals surface area contributed by atoms with Gasteiger partial charge >= 0.3 is 12.4 Å². The molecule has 2 N–H and O–H groups in total. The van der Waals surface area contributed by atoms with Crippen molar-refractivity contribution in [3.05, 3.63) is 48.0 Å². The van der Waals surface area contributed by atoms with Crippen molar-refractivity contribution in [1.29, 1.82) is 0 Å². The minimum Gasteiger partial charge on any atom is -0.490 e. The highest BCUT2D eigenvalue weighted by atomic mass is 19.4. The average molecular weight is 479 g/mol. The molecule has 9 nitrogen and oxygen atoms in total. The number of anilines is 1. The van der Waals surface area contributed by atoms with Gasteiger partial charge in [0.15, 0.2) is 11.5 Å². The minimum atomic E-state index is -4.86. The topological polar surface area (TPSA) is 106 Å². The lowest BCUT2D eigenvalue weighted by Crippen LogP contribution is -2.42. The van der Waals surface area contributed by atoms with E-state index in [1.807, 2.05) is 0 Å². The summed E-state index contributed by atoms with van der Waals surface area (Å²) < 4.78 is 52.0. The summed E-state index contributed by atoms with van der Waals surface area (Å²) in [5.74, 6) is -0.808. The summed E-state index contributed by atoms with van der Waals surface area (Å²) >= 11 is 0. The number of urea groups is 1. The van der Waals surface area contributed by atoms with E-state index in [1.54, 1.807) is 18.2 Å². The van der Waals surface area contributed by atoms with Crippen LogP contribution in [0, 0.1) is 0 Å². The number of rotatable bonds is 5. The van der Waals surface area contributed by atoms with E-state index in [-0.39, 0.29) is 5.56 Å². The molecule has 1 fully saturated rings.